The van der Waals surface area contributed by atoms with Crippen molar-refractivity contribution in [2.24, 2.45) is 5.10 Å². The number of nitrogens with zero attached hydrogens (tertiary/aromatic N) is 3. The Morgan fingerprint density at radius 2 is 1.71 bits per heavy atom. The minimum absolute atomic E-state index is 0.0215. The number of imide groups is 2. The lowest BCUT2D eigenvalue weighted by molar-refractivity contribution is -0.140. The van der Waals surface area contributed by atoms with Crippen LogP contribution in [-0.2, 0) is 33.5 Å². The fourth-order valence-electron chi connectivity index (χ4n) is 2.49. The number of carbonyl (C=O) groups is 7. The number of hydrazone groups is 1. The van der Waals surface area contributed by atoms with Crippen LogP contribution in [-0.4, -0.2) is 74.6 Å². The van der Waals surface area contributed by atoms with Crippen molar-refractivity contribution >= 4 is 82.0 Å². The van der Waals surface area contributed by atoms with E-state index in [1.807, 2.05) is 16.7 Å². The van der Waals surface area contributed by atoms with Crippen LogP contribution < -0.4 is 15.6 Å². The summed E-state index contributed by atoms with van der Waals surface area (Å²) >= 11 is 5.94. The smallest absolute Gasteiger partial charge is 0.328 e. The number of nitrogens with one attached hydrogen (secondary N) is 2. The van der Waals surface area contributed by atoms with Crippen LogP contribution in [0.15, 0.2) is 35.4 Å². The summed E-state index contributed by atoms with van der Waals surface area (Å²) in [5, 5.41) is 17.2. The third-order valence-corrected chi connectivity index (χ3v) is 5.33. The second-order valence-corrected chi connectivity index (χ2v) is 8.07. The Hall–Kier alpha value is -4.18. The molecule has 3 N–H and O–H groups in total. The SMILES string of the molecule is O=C(O)CN1C(=O)CSC1=S.O=C1CC(=O)NC(=O)N1.O=COC1=NN(c2ccccc2)C(=O)C1. The molecular formula is C19H17N5O9S2. The molecule has 6 amide bonds. The molecule has 2 saturated heterocycles. The molecule has 0 spiro atoms. The third kappa shape index (κ3) is 8.59. The minimum Gasteiger partial charge on any atom is -0.480 e. The van der Waals surface area contributed by atoms with Crippen molar-refractivity contribution in [1.82, 2.24) is 15.5 Å². The van der Waals surface area contributed by atoms with Gasteiger partial charge in [0, 0.05) is 0 Å². The number of amides is 6. The Morgan fingerprint density at radius 1 is 1.09 bits per heavy atom. The first-order valence-corrected chi connectivity index (χ1v) is 10.9. The summed E-state index contributed by atoms with van der Waals surface area (Å²) in [5.74, 6) is -2.18. The van der Waals surface area contributed by atoms with Crippen LogP contribution in [0, 0.1) is 0 Å². The Labute approximate surface area is 206 Å². The van der Waals surface area contributed by atoms with Gasteiger partial charge in [0.1, 0.15) is 23.7 Å². The summed E-state index contributed by atoms with van der Waals surface area (Å²) in [6.45, 7) is -0.0503. The second kappa shape index (κ2) is 12.9. The number of aliphatic carboxylic acids is 1. The standard InChI is InChI=1S/C10H8N2O3.C5H5NO3S2.C4H4N2O3/c13-7-15-9-6-10(14)12(11-9)8-4-2-1-3-5-8;7-3-2-11-5(10)6(3)1-4(8)9;7-2-1-3(8)6-4(9)5-2/h1-5,7H,6H2;1-2H2,(H,8,9);1H2,(H2,5,6,7,8,9). The van der Waals surface area contributed by atoms with Gasteiger partial charge in [-0.2, -0.15) is 5.01 Å². The monoisotopic (exact) mass is 523 g/mol. The number of urea groups is 1. The molecule has 0 bridgehead atoms. The lowest BCUT2D eigenvalue weighted by Crippen LogP contribution is -2.49. The first kappa shape index (κ1) is 27.1. The number of thioether (sulfide) groups is 1. The van der Waals surface area contributed by atoms with E-state index >= 15 is 0 Å². The summed E-state index contributed by atoms with van der Waals surface area (Å²) in [6.07, 6.45) is -0.237. The van der Waals surface area contributed by atoms with Crippen molar-refractivity contribution in [3.05, 3.63) is 30.3 Å². The van der Waals surface area contributed by atoms with Crippen LogP contribution in [0.3, 0.4) is 0 Å². The molecule has 3 aliphatic rings. The van der Waals surface area contributed by atoms with Gasteiger partial charge in [0.05, 0.1) is 11.4 Å². The van der Waals surface area contributed by atoms with Crippen LogP contribution >= 0.6 is 24.0 Å². The molecule has 0 aliphatic carbocycles. The molecule has 0 radical (unpaired) electrons. The Bertz CT molecular complexity index is 1030. The number of thiocarbonyl (C=S) groups is 1. The average Bonchev–Trinajstić information content (AvgIpc) is 3.30. The van der Waals surface area contributed by atoms with Gasteiger partial charge in [0.15, 0.2) is 0 Å². The van der Waals surface area contributed by atoms with Gasteiger partial charge < -0.3 is 9.84 Å². The van der Waals surface area contributed by atoms with Gasteiger partial charge in [-0.15, -0.1) is 5.10 Å². The number of ether oxygens (including phenoxy) is 1. The number of hydrogen-bond acceptors (Lipinski definition) is 11. The van der Waals surface area contributed by atoms with Crippen molar-refractivity contribution in [2.75, 3.05) is 17.3 Å². The minimum atomic E-state index is -1.04. The molecule has 35 heavy (non-hydrogen) atoms. The Kier molecular flexibility index (Phi) is 9.98. The zero-order chi connectivity index (χ0) is 26.0. The zero-order valence-electron chi connectivity index (χ0n) is 17.7. The van der Waals surface area contributed by atoms with Crippen LogP contribution in [0.1, 0.15) is 12.8 Å². The first-order valence-electron chi connectivity index (χ1n) is 9.49. The van der Waals surface area contributed by atoms with E-state index in [9.17, 15) is 33.6 Å². The predicted octanol–water partition coefficient (Wildman–Crippen LogP) is -0.416. The number of hydrogen-bond donors (Lipinski definition) is 3. The highest BCUT2D eigenvalue weighted by atomic mass is 32.2. The normalized spacial score (nSPS) is 16.9. The van der Waals surface area contributed by atoms with Crippen LogP contribution in [0.5, 0.6) is 0 Å². The fourth-order valence-corrected chi connectivity index (χ4v) is 3.55. The van der Waals surface area contributed by atoms with Gasteiger partial charge in [-0.3, -0.25) is 44.3 Å². The molecule has 1 aromatic carbocycles. The van der Waals surface area contributed by atoms with E-state index in [0.717, 1.165) is 4.90 Å². The van der Waals surface area contributed by atoms with Gasteiger partial charge in [-0.1, -0.05) is 42.2 Å². The number of carbonyl (C=O) groups excluding carboxylic acids is 6. The topological polar surface area (TPSA) is 192 Å². The Balaban J connectivity index is 0.000000193. The molecule has 0 atom stereocenters. The Morgan fingerprint density at radius 3 is 2.20 bits per heavy atom. The summed E-state index contributed by atoms with van der Waals surface area (Å²) in [6, 6.07) is 8.22. The van der Waals surface area contributed by atoms with E-state index in [1.54, 1.807) is 24.3 Å². The van der Waals surface area contributed by atoms with Crippen LogP contribution in [0.4, 0.5) is 10.5 Å². The van der Waals surface area contributed by atoms with Gasteiger partial charge in [-0.25, -0.2) is 4.79 Å². The summed E-state index contributed by atoms with van der Waals surface area (Å²) in [7, 11) is 0. The third-order valence-electron chi connectivity index (χ3n) is 3.90. The van der Waals surface area contributed by atoms with Crippen molar-refractivity contribution in [3.63, 3.8) is 0 Å². The molecule has 0 saturated carbocycles. The van der Waals surface area contributed by atoms with Crippen molar-refractivity contribution < 1.29 is 43.4 Å². The lowest BCUT2D eigenvalue weighted by Gasteiger charge is -2.10. The van der Waals surface area contributed by atoms with Gasteiger partial charge in [-0.05, 0) is 12.1 Å². The zero-order valence-corrected chi connectivity index (χ0v) is 19.3. The van der Waals surface area contributed by atoms with Crippen molar-refractivity contribution in [3.8, 4) is 0 Å². The number of benzene rings is 1. The molecule has 4 rings (SSSR count). The van der Waals surface area contributed by atoms with Crippen LogP contribution in [0.25, 0.3) is 0 Å². The van der Waals surface area contributed by atoms with Gasteiger partial charge in [0.25, 0.3) is 12.4 Å². The summed E-state index contributed by atoms with van der Waals surface area (Å²) in [5.41, 5.74) is 0.659. The number of para-hydroxylation sites is 1. The first-order chi connectivity index (χ1) is 16.6. The van der Waals surface area contributed by atoms with E-state index in [0.29, 0.717) is 10.0 Å². The number of carboxylic acids is 1. The maximum atomic E-state index is 11.5. The summed E-state index contributed by atoms with van der Waals surface area (Å²) in [4.78, 5) is 74.5. The average molecular weight is 524 g/mol. The highest BCUT2D eigenvalue weighted by Gasteiger charge is 2.28. The van der Waals surface area contributed by atoms with Crippen molar-refractivity contribution in [1.29, 1.82) is 0 Å². The number of carboxylic acid groups (broad SMARTS) is 1. The lowest BCUT2D eigenvalue weighted by atomic mass is 10.3. The fraction of sp³-hybridized carbons (Fsp3) is 0.211. The van der Waals surface area contributed by atoms with Gasteiger partial charge in [0.2, 0.25) is 23.6 Å². The molecule has 0 aromatic heterocycles. The molecule has 0 unspecified atom stereocenters. The molecule has 3 aliphatic heterocycles. The molecule has 184 valence electrons. The van der Waals surface area contributed by atoms with E-state index < -0.39 is 23.8 Å². The highest BCUT2D eigenvalue weighted by Crippen LogP contribution is 2.20. The van der Waals surface area contributed by atoms with E-state index in [4.69, 9.17) is 17.3 Å². The summed E-state index contributed by atoms with van der Waals surface area (Å²) < 4.78 is 4.89. The van der Waals surface area contributed by atoms with E-state index in [2.05, 4.69) is 9.84 Å². The number of rotatable bonds is 4. The quantitative estimate of drug-likeness (QED) is 0.264. The predicted molar refractivity (Wildman–Crippen MR) is 124 cm³/mol. The molecule has 16 heteroatoms. The molecule has 3 heterocycles. The van der Waals surface area contributed by atoms with Crippen LogP contribution in [0.2, 0.25) is 0 Å². The number of barbiturate groups is 1. The van der Waals surface area contributed by atoms with Crippen molar-refractivity contribution in [2.45, 2.75) is 12.8 Å². The maximum Gasteiger partial charge on any atom is 0.328 e. The maximum absolute atomic E-state index is 11.5. The molecule has 1 aromatic rings. The number of anilines is 1. The molecule has 2 fully saturated rings. The largest absolute Gasteiger partial charge is 0.480 e. The van der Waals surface area contributed by atoms with E-state index in [1.165, 1.54) is 16.8 Å². The molecule has 14 nitrogen and oxygen atoms in total. The highest BCUT2D eigenvalue weighted by molar-refractivity contribution is 8.23. The van der Waals surface area contributed by atoms with Gasteiger partial charge >= 0.3 is 12.0 Å². The second-order valence-electron chi connectivity index (χ2n) is 6.46. The molecular weight excluding hydrogens is 506 g/mol. The van der Waals surface area contributed by atoms with E-state index in [-0.39, 0.29) is 49.3 Å².